The smallest absolute Gasteiger partial charge is 0.318 e. The van der Waals surface area contributed by atoms with Crippen molar-refractivity contribution in [3.63, 3.8) is 0 Å². The number of aliphatic hydroxyl groups is 1. The van der Waals surface area contributed by atoms with Gasteiger partial charge in [0.15, 0.2) is 0 Å². The monoisotopic (exact) mass is 344 g/mol. The molecule has 2 N–H and O–H groups in total. The van der Waals surface area contributed by atoms with Crippen LogP contribution in [0, 0.1) is 23.6 Å². The Bertz CT molecular complexity index is 705. The third-order valence-electron chi connectivity index (χ3n) is 7.29. The Labute approximate surface area is 147 Å². The Morgan fingerprint density at radius 3 is 2.40 bits per heavy atom. The molecule has 0 aromatic heterocycles. The van der Waals surface area contributed by atoms with Crippen LogP contribution in [-0.2, 0) is 5.54 Å². The van der Waals surface area contributed by atoms with Crippen molar-refractivity contribution in [2.75, 3.05) is 6.54 Å². The minimum atomic E-state index is -0.504. The second-order valence-electron chi connectivity index (χ2n) is 8.99. The molecule has 2 amide bonds. The van der Waals surface area contributed by atoms with E-state index in [0.29, 0.717) is 24.3 Å². The standard InChI is InChI=1S/C20H25FN2O2/c1-19(15-2-4-16(21)5-3-15)11-22-18(24)23(19)17-13-6-12-7-14(17)10-20(25,8-12)9-13/h2-5,12-14,17,25H,6-11H2,1H3,(H,22,24). The van der Waals surface area contributed by atoms with Gasteiger partial charge in [0.2, 0.25) is 0 Å². The molecule has 5 fully saturated rings. The molecular weight excluding hydrogens is 319 g/mol. The van der Waals surface area contributed by atoms with Gasteiger partial charge in [0.05, 0.1) is 11.1 Å². The molecular formula is C20H25FN2O2. The van der Waals surface area contributed by atoms with E-state index in [0.717, 1.165) is 37.7 Å². The molecule has 25 heavy (non-hydrogen) atoms. The third-order valence-corrected chi connectivity index (χ3v) is 7.29. The van der Waals surface area contributed by atoms with E-state index in [1.807, 2.05) is 4.90 Å². The summed E-state index contributed by atoms with van der Waals surface area (Å²) in [6.07, 6.45) is 4.80. The Hall–Kier alpha value is -1.62. The van der Waals surface area contributed by atoms with Crippen LogP contribution in [0.5, 0.6) is 0 Å². The summed E-state index contributed by atoms with van der Waals surface area (Å²) in [7, 11) is 0. The van der Waals surface area contributed by atoms with Crippen molar-refractivity contribution in [3.8, 4) is 0 Å². The molecule has 1 heterocycles. The van der Waals surface area contributed by atoms with Crippen LogP contribution in [0.15, 0.2) is 24.3 Å². The van der Waals surface area contributed by atoms with E-state index in [-0.39, 0.29) is 17.9 Å². The first-order valence-electron chi connectivity index (χ1n) is 9.44. The van der Waals surface area contributed by atoms with Gasteiger partial charge in [-0.15, -0.1) is 0 Å². The summed E-state index contributed by atoms with van der Waals surface area (Å²) in [6, 6.07) is 6.70. The minimum Gasteiger partial charge on any atom is -0.390 e. The highest BCUT2D eigenvalue weighted by Gasteiger charge is 2.60. The lowest BCUT2D eigenvalue weighted by Crippen LogP contribution is -2.64. The molecule has 5 heteroatoms. The van der Waals surface area contributed by atoms with Crippen LogP contribution < -0.4 is 5.32 Å². The number of hydrogen-bond donors (Lipinski definition) is 2. The fourth-order valence-electron chi connectivity index (χ4n) is 6.53. The van der Waals surface area contributed by atoms with Gasteiger partial charge >= 0.3 is 6.03 Å². The summed E-state index contributed by atoms with van der Waals surface area (Å²) in [4.78, 5) is 14.8. The summed E-state index contributed by atoms with van der Waals surface area (Å²) in [5.41, 5.74) is 0.00268. The van der Waals surface area contributed by atoms with Crippen LogP contribution in [0.1, 0.15) is 44.6 Å². The molecule has 4 bridgehead atoms. The molecule has 4 saturated carbocycles. The first kappa shape index (κ1) is 15.6. The van der Waals surface area contributed by atoms with Crippen molar-refractivity contribution >= 4 is 6.03 Å². The number of rotatable bonds is 2. The quantitative estimate of drug-likeness (QED) is 0.866. The number of hydrogen-bond acceptors (Lipinski definition) is 2. The molecule has 0 radical (unpaired) electrons. The molecule has 0 spiro atoms. The van der Waals surface area contributed by atoms with E-state index in [1.54, 1.807) is 12.1 Å². The van der Waals surface area contributed by atoms with Crippen molar-refractivity contribution in [1.29, 1.82) is 0 Å². The lowest BCUT2D eigenvalue weighted by Gasteiger charge is -2.61. The van der Waals surface area contributed by atoms with Gasteiger partial charge in [-0.1, -0.05) is 12.1 Å². The number of nitrogens with one attached hydrogen (secondary N) is 1. The molecule has 4 aliphatic carbocycles. The minimum absolute atomic E-state index is 0.0173. The summed E-state index contributed by atoms with van der Waals surface area (Å²) < 4.78 is 13.4. The Morgan fingerprint density at radius 2 is 1.80 bits per heavy atom. The fourth-order valence-corrected chi connectivity index (χ4v) is 6.53. The van der Waals surface area contributed by atoms with Crippen LogP contribution >= 0.6 is 0 Å². The van der Waals surface area contributed by atoms with E-state index in [2.05, 4.69) is 12.2 Å². The van der Waals surface area contributed by atoms with Gasteiger partial charge in [0, 0.05) is 12.6 Å². The van der Waals surface area contributed by atoms with Crippen molar-refractivity contribution in [3.05, 3.63) is 35.6 Å². The Balaban J connectivity index is 1.53. The maximum absolute atomic E-state index is 13.4. The summed E-state index contributed by atoms with van der Waals surface area (Å²) >= 11 is 0. The molecule has 3 unspecified atom stereocenters. The van der Waals surface area contributed by atoms with Crippen LogP contribution in [-0.4, -0.2) is 34.2 Å². The van der Waals surface area contributed by atoms with Gasteiger partial charge < -0.3 is 15.3 Å². The van der Waals surface area contributed by atoms with Gasteiger partial charge in [-0.25, -0.2) is 9.18 Å². The van der Waals surface area contributed by atoms with Crippen LogP contribution in [0.3, 0.4) is 0 Å². The number of halogens is 1. The van der Waals surface area contributed by atoms with Crippen LogP contribution in [0.25, 0.3) is 0 Å². The third kappa shape index (κ3) is 2.17. The Morgan fingerprint density at radius 1 is 1.16 bits per heavy atom. The van der Waals surface area contributed by atoms with Gasteiger partial charge in [-0.05, 0) is 74.5 Å². The number of amides is 2. The Kier molecular flexibility index (Phi) is 3.10. The predicted molar refractivity (Wildman–Crippen MR) is 91.3 cm³/mol. The molecule has 6 rings (SSSR count). The van der Waals surface area contributed by atoms with E-state index in [1.165, 1.54) is 12.1 Å². The number of carbonyl (C=O) groups excluding carboxylic acids is 1. The second-order valence-corrected chi connectivity index (χ2v) is 8.99. The SMILES string of the molecule is CC1(c2ccc(F)cc2)CNC(=O)N1C1C2CC3CC1CC(O)(C3)C2. The maximum atomic E-state index is 13.4. The van der Waals surface area contributed by atoms with E-state index >= 15 is 0 Å². The highest BCUT2D eigenvalue weighted by Crippen LogP contribution is 2.58. The first-order valence-corrected chi connectivity index (χ1v) is 9.44. The lowest BCUT2D eigenvalue weighted by atomic mass is 9.51. The van der Waals surface area contributed by atoms with Crippen molar-refractivity contribution < 1.29 is 14.3 Å². The first-order chi connectivity index (χ1) is 11.9. The molecule has 5 aliphatic rings. The largest absolute Gasteiger partial charge is 0.390 e. The zero-order chi connectivity index (χ0) is 17.4. The molecule has 4 nitrogen and oxygen atoms in total. The number of urea groups is 1. The topological polar surface area (TPSA) is 52.6 Å². The molecule has 3 atom stereocenters. The number of carbonyl (C=O) groups is 1. The van der Waals surface area contributed by atoms with Crippen LogP contribution in [0.4, 0.5) is 9.18 Å². The fraction of sp³-hybridized carbons (Fsp3) is 0.650. The van der Waals surface area contributed by atoms with Gasteiger partial charge in [-0.3, -0.25) is 0 Å². The summed E-state index contributed by atoms with van der Waals surface area (Å²) in [6.45, 7) is 2.62. The van der Waals surface area contributed by atoms with E-state index < -0.39 is 11.1 Å². The summed E-state index contributed by atoms with van der Waals surface area (Å²) in [5, 5.41) is 13.9. The van der Waals surface area contributed by atoms with Gasteiger partial charge in [0.1, 0.15) is 5.82 Å². The number of benzene rings is 1. The number of nitrogens with zero attached hydrogens (tertiary/aromatic N) is 1. The summed E-state index contributed by atoms with van der Waals surface area (Å²) in [5.74, 6) is 1.11. The van der Waals surface area contributed by atoms with Crippen LogP contribution in [0.2, 0.25) is 0 Å². The highest BCUT2D eigenvalue weighted by molar-refractivity contribution is 5.79. The molecule has 1 aromatic rings. The average molecular weight is 344 g/mol. The maximum Gasteiger partial charge on any atom is 0.318 e. The molecule has 1 aliphatic heterocycles. The van der Waals surface area contributed by atoms with E-state index in [9.17, 15) is 14.3 Å². The molecule has 1 aromatic carbocycles. The lowest BCUT2D eigenvalue weighted by molar-refractivity contribution is -0.160. The molecule has 134 valence electrons. The predicted octanol–water partition coefficient (Wildman–Crippen LogP) is 3.01. The average Bonchev–Trinajstić information content (AvgIpc) is 2.83. The highest BCUT2D eigenvalue weighted by atomic mass is 19.1. The molecule has 1 saturated heterocycles. The second kappa shape index (κ2) is 4.97. The van der Waals surface area contributed by atoms with E-state index in [4.69, 9.17) is 0 Å². The van der Waals surface area contributed by atoms with Crippen molar-refractivity contribution in [1.82, 2.24) is 10.2 Å². The van der Waals surface area contributed by atoms with Gasteiger partial charge in [-0.2, -0.15) is 0 Å². The zero-order valence-electron chi connectivity index (χ0n) is 14.5. The normalized spacial score (nSPS) is 45.1. The van der Waals surface area contributed by atoms with Crippen molar-refractivity contribution in [2.24, 2.45) is 17.8 Å². The van der Waals surface area contributed by atoms with Crippen molar-refractivity contribution in [2.45, 2.75) is 56.2 Å². The van der Waals surface area contributed by atoms with Gasteiger partial charge in [0.25, 0.3) is 0 Å². The zero-order valence-corrected chi connectivity index (χ0v) is 14.5.